The summed E-state index contributed by atoms with van der Waals surface area (Å²) in [5.74, 6) is 0. The standard InChI is InChI=1S/C12H11Cl2NO/c1-8(9-5-6-16-7-9)15-12-10(13)3-2-4-11(12)14/h2-8,15H,1H3. The summed E-state index contributed by atoms with van der Waals surface area (Å²) < 4.78 is 5.03. The summed E-state index contributed by atoms with van der Waals surface area (Å²) in [6, 6.07) is 7.42. The van der Waals surface area contributed by atoms with E-state index in [4.69, 9.17) is 27.6 Å². The zero-order valence-electron chi connectivity index (χ0n) is 8.71. The summed E-state index contributed by atoms with van der Waals surface area (Å²) in [6.07, 6.45) is 3.34. The highest BCUT2D eigenvalue weighted by Gasteiger charge is 2.11. The summed E-state index contributed by atoms with van der Waals surface area (Å²) in [5.41, 5.74) is 1.80. The molecule has 0 fully saturated rings. The van der Waals surface area contributed by atoms with Crippen molar-refractivity contribution in [3.63, 3.8) is 0 Å². The molecular formula is C12H11Cl2NO. The van der Waals surface area contributed by atoms with Crippen LogP contribution in [0, 0.1) is 0 Å². The molecule has 0 aliphatic rings. The third kappa shape index (κ3) is 2.34. The van der Waals surface area contributed by atoms with E-state index in [-0.39, 0.29) is 6.04 Å². The van der Waals surface area contributed by atoms with Gasteiger partial charge in [-0.2, -0.15) is 0 Å². The summed E-state index contributed by atoms with van der Waals surface area (Å²) >= 11 is 12.1. The molecule has 0 radical (unpaired) electrons. The quantitative estimate of drug-likeness (QED) is 0.856. The van der Waals surface area contributed by atoms with Gasteiger partial charge in [0, 0.05) is 5.56 Å². The van der Waals surface area contributed by atoms with Gasteiger partial charge in [-0.1, -0.05) is 29.3 Å². The van der Waals surface area contributed by atoms with E-state index in [2.05, 4.69) is 5.32 Å². The Kier molecular flexibility index (Phi) is 3.42. The maximum absolute atomic E-state index is 6.06. The molecule has 2 nitrogen and oxygen atoms in total. The van der Waals surface area contributed by atoms with Crippen molar-refractivity contribution in [3.8, 4) is 0 Å². The van der Waals surface area contributed by atoms with Crippen molar-refractivity contribution in [1.82, 2.24) is 0 Å². The lowest BCUT2D eigenvalue weighted by Gasteiger charge is -2.15. The molecule has 0 spiro atoms. The molecule has 1 aromatic carbocycles. The number of para-hydroxylation sites is 1. The van der Waals surface area contributed by atoms with Gasteiger partial charge in [-0.25, -0.2) is 0 Å². The Labute approximate surface area is 104 Å². The SMILES string of the molecule is CC(Nc1c(Cl)cccc1Cl)c1ccoc1. The molecule has 1 heterocycles. The molecule has 0 aliphatic carbocycles. The fourth-order valence-corrected chi connectivity index (χ4v) is 1.96. The molecule has 4 heteroatoms. The molecule has 0 bridgehead atoms. The highest BCUT2D eigenvalue weighted by Crippen LogP contribution is 2.32. The molecule has 1 atom stereocenters. The van der Waals surface area contributed by atoms with Crippen LogP contribution in [0.1, 0.15) is 18.5 Å². The Balaban J connectivity index is 2.21. The second-order valence-electron chi connectivity index (χ2n) is 3.52. The van der Waals surface area contributed by atoms with Crippen LogP contribution in [0.3, 0.4) is 0 Å². The minimum Gasteiger partial charge on any atom is -0.472 e. The van der Waals surface area contributed by atoms with E-state index in [0.717, 1.165) is 11.3 Å². The molecule has 2 rings (SSSR count). The van der Waals surface area contributed by atoms with Gasteiger partial charge in [0.05, 0.1) is 34.3 Å². The minimum absolute atomic E-state index is 0.0937. The smallest absolute Gasteiger partial charge is 0.0955 e. The number of rotatable bonds is 3. The van der Waals surface area contributed by atoms with Gasteiger partial charge in [0.25, 0.3) is 0 Å². The van der Waals surface area contributed by atoms with Gasteiger partial charge >= 0.3 is 0 Å². The van der Waals surface area contributed by atoms with E-state index in [1.807, 2.05) is 19.1 Å². The summed E-state index contributed by atoms with van der Waals surface area (Å²) in [6.45, 7) is 2.02. The normalized spacial score (nSPS) is 12.4. The topological polar surface area (TPSA) is 25.2 Å². The van der Waals surface area contributed by atoms with Crippen LogP contribution in [-0.4, -0.2) is 0 Å². The van der Waals surface area contributed by atoms with E-state index in [0.29, 0.717) is 10.0 Å². The fraction of sp³-hybridized carbons (Fsp3) is 0.167. The molecule has 16 heavy (non-hydrogen) atoms. The lowest BCUT2D eigenvalue weighted by molar-refractivity contribution is 0.562. The highest BCUT2D eigenvalue weighted by atomic mass is 35.5. The lowest BCUT2D eigenvalue weighted by atomic mass is 10.1. The van der Waals surface area contributed by atoms with Crippen LogP contribution in [0.2, 0.25) is 10.0 Å². The maximum Gasteiger partial charge on any atom is 0.0955 e. The molecule has 1 N–H and O–H groups in total. The molecular weight excluding hydrogens is 245 g/mol. The second kappa shape index (κ2) is 4.81. The first kappa shape index (κ1) is 11.4. The summed E-state index contributed by atoms with van der Waals surface area (Å²) in [4.78, 5) is 0. The maximum atomic E-state index is 6.06. The Hall–Kier alpha value is -1.12. The predicted molar refractivity (Wildman–Crippen MR) is 67.2 cm³/mol. The van der Waals surface area contributed by atoms with E-state index >= 15 is 0 Å². The van der Waals surface area contributed by atoms with Crippen LogP contribution >= 0.6 is 23.2 Å². The number of anilines is 1. The van der Waals surface area contributed by atoms with Crippen molar-refractivity contribution in [2.45, 2.75) is 13.0 Å². The predicted octanol–water partition coefficient (Wildman–Crippen LogP) is 4.76. The first-order valence-electron chi connectivity index (χ1n) is 4.91. The molecule has 84 valence electrons. The molecule has 0 saturated carbocycles. The molecule has 2 aromatic rings. The van der Waals surface area contributed by atoms with Crippen molar-refractivity contribution in [1.29, 1.82) is 0 Å². The monoisotopic (exact) mass is 255 g/mol. The third-order valence-corrected chi connectivity index (χ3v) is 3.00. The van der Waals surface area contributed by atoms with Crippen LogP contribution in [0.5, 0.6) is 0 Å². The minimum atomic E-state index is 0.0937. The molecule has 0 saturated heterocycles. The van der Waals surface area contributed by atoms with Gasteiger partial charge in [0.2, 0.25) is 0 Å². The van der Waals surface area contributed by atoms with Crippen molar-refractivity contribution in [2.75, 3.05) is 5.32 Å². The summed E-state index contributed by atoms with van der Waals surface area (Å²) in [7, 11) is 0. The number of furan rings is 1. The number of nitrogens with one attached hydrogen (secondary N) is 1. The number of hydrogen-bond acceptors (Lipinski definition) is 2. The van der Waals surface area contributed by atoms with Gasteiger partial charge in [-0.05, 0) is 25.1 Å². The second-order valence-corrected chi connectivity index (χ2v) is 4.33. The fourth-order valence-electron chi connectivity index (χ4n) is 1.46. The lowest BCUT2D eigenvalue weighted by Crippen LogP contribution is -2.06. The van der Waals surface area contributed by atoms with Crippen LogP contribution in [0.25, 0.3) is 0 Å². The van der Waals surface area contributed by atoms with Crippen LogP contribution < -0.4 is 5.32 Å². The largest absolute Gasteiger partial charge is 0.472 e. The van der Waals surface area contributed by atoms with Gasteiger partial charge in [0.15, 0.2) is 0 Å². The van der Waals surface area contributed by atoms with E-state index in [1.54, 1.807) is 24.7 Å². The molecule has 1 unspecified atom stereocenters. The van der Waals surface area contributed by atoms with Gasteiger partial charge in [0.1, 0.15) is 0 Å². The molecule has 1 aromatic heterocycles. The zero-order chi connectivity index (χ0) is 11.5. The van der Waals surface area contributed by atoms with Crippen LogP contribution in [0.15, 0.2) is 41.2 Å². The average Bonchev–Trinajstić information content (AvgIpc) is 2.76. The van der Waals surface area contributed by atoms with Gasteiger partial charge in [-0.15, -0.1) is 0 Å². The van der Waals surface area contributed by atoms with Crippen molar-refractivity contribution in [2.24, 2.45) is 0 Å². The highest BCUT2D eigenvalue weighted by molar-refractivity contribution is 6.39. The summed E-state index contributed by atoms with van der Waals surface area (Å²) in [5, 5.41) is 4.48. The van der Waals surface area contributed by atoms with Crippen molar-refractivity contribution >= 4 is 28.9 Å². The number of halogens is 2. The zero-order valence-corrected chi connectivity index (χ0v) is 10.2. The first-order valence-corrected chi connectivity index (χ1v) is 5.66. The van der Waals surface area contributed by atoms with Gasteiger partial charge < -0.3 is 9.73 Å². The number of hydrogen-bond donors (Lipinski definition) is 1. The van der Waals surface area contributed by atoms with E-state index in [1.165, 1.54) is 0 Å². The van der Waals surface area contributed by atoms with Crippen molar-refractivity contribution in [3.05, 3.63) is 52.4 Å². The van der Waals surface area contributed by atoms with Crippen LogP contribution in [-0.2, 0) is 0 Å². The van der Waals surface area contributed by atoms with Gasteiger partial charge in [-0.3, -0.25) is 0 Å². The Morgan fingerprint density at radius 3 is 2.44 bits per heavy atom. The first-order chi connectivity index (χ1) is 7.68. The number of benzene rings is 1. The van der Waals surface area contributed by atoms with Crippen molar-refractivity contribution < 1.29 is 4.42 Å². The Morgan fingerprint density at radius 1 is 1.19 bits per heavy atom. The Bertz CT molecular complexity index is 448. The Morgan fingerprint density at radius 2 is 1.88 bits per heavy atom. The average molecular weight is 256 g/mol. The molecule has 0 aliphatic heterocycles. The third-order valence-electron chi connectivity index (χ3n) is 2.37. The molecule has 0 amide bonds. The van der Waals surface area contributed by atoms with E-state index in [9.17, 15) is 0 Å². The van der Waals surface area contributed by atoms with Crippen LogP contribution in [0.4, 0.5) is 5.69 Å². The van der Waals surface area contributed by atoms with E-state index < -0.39 is 0 Å².